The number of amides is 1. The number of carbonyl (C=O) groups is 1. The van der Waals surface area contributed by atoms with Crippen LogP contribution in [0.2, 0.25) is 0 Å². The Hall–Kier alpha value is -1.01. The van der Waals surface area contributed by atoms with Crippen molar-refractivity contribution in [2.24, 2.45) is 11.1 Å². The van der Waals surface area contributed by atoms with Crippen LogP contribution in [0.3, 0.4) is 0 Å². The minimum absolute atomic E-state index is 0.0539. The molecular formula is C11H20N4OS. The number of nitrogens with one attached hydrogen (secondary N) is 1. The molecule has 3 N–H and O–H groups in total. The Kier molecular flexibility index (Phi) is 4.59. The van der Waals surface area contributed by atoms with Crippen molar-refractivity contribution in [3.8, 4) is 0 Å². The highest BCUT2D eigenvalue weighted by Gasteiger charge is 2.26. The number of rotatable bonds is 4. The number of aryl methyl sites for hydroxylation is 1. The van der Waals surface area contributed by atoms with E-state index in [1.165, 1.54) is 0 Å². The van der Waals surface area contributed by atoms with Gasteiger partial charge in [0.2, 0.25) is 0 Å². The van der Waals surface area contributed by atoms with E-state index in [4.69, 9.17) is 5.73 Å². The minimum Gasteiger partial charge on any atom is -0.347 e. The van der Waals surface area contributed by atoms with Gasteiger partial charge >= 0.3 is 0 Å². The van der Waals surface area contributed by atoms with E-state index in [1.54, 1.807) is 0 Å². The van der Waals surface area contributed by atoms with E-state index in [1.807, 2.05) is 6.92 Å². The summed E-state index contributed by atoms with van der Waals surface area (Å²) in [4.78, 5) is 12.7. The van der Waals surface area contributed by atoms with E-state index in [0.717, 1.165) is 17.2 Å². The van der Waals surface area contributed by atoms with Crippen molar-refractivity contribution >= 4 is 17.4 Å². The summed E-state index contributed by atoms with van der Waals surface area (Å²) >= 11 is 1.13. The summed E-state index contributed by atoms with van der Waals surface area (Å²) in [6.07, 6.45) is 0.710. The van der Waals surface area contributed by atoms with Crippen LogP contribution in [0.15, 0.2) is 0 Å². The molecule has 1 amide bonds. The number of nitrogens with two attached hydrogens (primary N) is 1. The zero-order valence-electron chi connectivity index (χ0n) is 10.8. The molecule has 1 aromatic rings. The van der Waals surface area contributed by atoms with Gasteiger partial charge in [-0.15, -0.1) is 5.10 Å². The van der Waals surface area contributed by atoms with Gasteiger partial charge in [-0.1, -0.05) is 32.2 Å². The number of aromatic nitrogens is 2. The van der Waals surface area contributed by atoms with Crippen LogP contribution in [0.5, 0.6) is 0 Å². The monoisotopic (exact) mass is 256 g/mol. The van der Waals surface area contributed by atoms with Gasteiger partial charge in [0, 0.05) is 12.6 Å². The fraction of sp³-hybridized carbons (Fsp3) is 0.727. The van der Waals surface area contributed by atoms with Crippen molar-refractivity contribution in [1.29, 1.82) is 0 Å². The quantitative estimate of drug-likeness (QED) is 0.848. The maximum absolute atomic E-state index is 12.1. The van der Waals surface area contributed by atoms with Crippen LogP contribution < -0.4 is 11.1 Å². The standard InChI is InChI=1S/C11H20N4OS/c1-5-7-9(17-15-14-7)10(16)13-8(6-12)11(2,3)4/h8H,5-6,12H2,1-4H3,(H,13,16). The molecule has 0 aliphatic rings. The summed E-state index contributed by atoms with van der Waals surface area (Å²) in [7, 11) is 0. The Labute approximate surface area is 106 Å². The average Bonchev–Trinajstić information content (AvgIpc) is 2.71. The van der Waals surface area contributed by atoms with Crippen LogP contribution in [0.1, 0.15) is 43.1 Å². The second kappa shape index (κ2) is 5.55. The predicted molar refractivity (Wildman–Crippen MR) is 69.1 cm³/mol. The molecule has 0 saturated heterocycles. The van der Waals surface area contributed by atoms with Crippen LogP contribution in [0.25, 0.3) is 0 Å². The molecule has 0 aromatic carbocycles. The van der Waals surface area contributed by atoms with Crippen molar-refractivity contribution in [3.63, 3.8) is 0 Å². The lowest BCUT2D eigenvalue weighted by Gasteiger charge is -2.30. The lowest BCUT2D eigenvalue weighted by atomic mass is 9.87. The van der Waals surface area contributed by atoms with E-state index in [2.05, 4.69) is 35.7 Å². The minimum atomic E-state index is -0.123. The van der Waals surface area contributed by atoms with E-state index in [0.29, 0.717) is 17.8 Å². The highest BCUT2D eigenvalue weighted by molar-refractivity contribution is 7.08. The molecule has 0 radical (unpaired) electrons. The largest absolute Gasteiger partial charge is 0.347 e. The molecule has 0 fully saturated rings. The van der Waals surface area contributed by atoms with Gasteiger partial charge in [0.05, 0.1) is 5.69 Å². The van der Waals surface area contributed by atoms with Gasteiger partial charge in [-0.3, -0.25) is 4.79 Å². The highest BCUT2D eigenvalue weighted by atomic mass is 32.1. The number of nitrogens with zero attached hydrogens (tertiary/aromatic N) is 2. The second-order valence-corrected chi connectivity index (χ2v) is 5.78. The maximum Gasteiger partial charge on any atom is 0.265 e. The van der Waals surface area contributed by atoms with E-state index in [9.17, 15) is 4.79 Å². The van der Waals surface area contributed by atoms with Crippen molar-refractivity contribution < 1.29 is 4.79 Å². The van der Waals surface area contributed by atoms with Gasteiger partial charge in [0.25, 0.3) is 5.91 Å². The first kappa shape index (κ1) is 14.1. The van der Waals surface area contributed by atoms with Crippen LogP contribution in [-0.4, -0.2) is 28.1 Å². The van der Waals surface area contributed by atoms with Crippen molar-refractivity contribution in [1.82, 2.24) is 14.9 Å². The summed E-state index contributed by atoms with van der Waals surface area (Å²) in [5, 5.41) is 6.88. The molecule has 17 heavy (non-hydrogen) atoms. The topological polar surface area (TPSA) is 80.9 Å². The summed E-state index contributed by atoms with van der Waals surface area (Å²) < 4.78 is 3.81. The summed E-state index contributed by atoms with van der Waals surface area (Å²) in [5.41, 5.74) is 6.38. The molecule has 1 unspecified atom stereocenters. The average molecular weight is 256 g/mol. The van der Waals surface area contributed by atoms with Gasteiger partial charge in [0.15, 0.2) is 0 Å². The molecule has 96 valence electrons. The van der Waals surface area contributed by atoms with Crippen LogP contribution >= 0.6 is 11.5 Å². The van der Waals surface area contributed by atoms with Gasteiger partial charge in [-0.25, -0.2) is 0 Å². The fourth-order valence-corrected chi connectivity index (χ4v) is 2.12. The summed E-state index contributed by atoms with van der Waals surface area (Å²) in [5.74, 6) is -0.123. The molecule has 1 atom stereocenters. The Bertz CT molecular complexity index is 383. The fourth-order valence-electron chi connectivity index (χ4n) is 1.47. The molecule has 0 saturated carbocycles. The van der Waals surface area contributed by atoms with E-state index >= 15 is 0 Å². The Morgan fingerprint density at radius 2 is 2.18 bits per heavy atom. The van der Waals surface area contributed by atoms with E-state index in [-0.39, 0.29) is 17.4 Å². The normalized spacial score (nSPS) is 13.5. The molecule has 5 nitrogen and oxygen atoms in total. The lowest BCUT2D eigenvalue weighted by molar-refractivity contribution is 0.0908. The van der Waals surface area contributed by atoms with E-state index < -0.39 is 0 Å². The number of hydrogen-bond acceptors (Lipinski definition) is 5. The van der Waals surface area contributed by atoms with Crippen molar-refractivity contribution in [3.05, 3.63) is 10.6 Å². The SMILES string of the molecule is CCc1nnsc1C(=O)NC(CN)C(C)(C)C. The zero-order chi connectivity index (χ0) is 13.1. The second-order valence-electron chi connectivity index (χ2n) is 5.03. The molecular weight excluding hydrogens is 236 g/mol. The third-order valence-electron chi connectivity index (χ3n) is 2.68. The Morgan fingerprint density at radius 3 is 2.65 bits per heavy atom. The molecule has 0 spiro atoms. The molecule has 6 heteroatoms. The smallest absolute Gasteiger partial charge is 0.265 e. The molecule has 1 aromatic heterocycles. The van der Waals surface area contributed by atoms with Crippen LogP contribution in [0.4, 0.5) is 0 Å². The van der Waals surface area contributed by atoms with Gasteiger partial charge < -0.3 is 11.1 Å². The summed E-state index contributed by atoms with van der Waals surface area (Å²) in [6, 6.07) is -0.0539. The van der Waals surface area contributed by atoms with Crippen LogP contribution in [-0.2, 0) is 6.42 Å². The molecule has 0 aliphatic heterocycles. The first-order chi connectivity index (χ1) is 7.90. The highest BCUT2D eigenvalue weighted by Crippen LogP contribution is 2.19. The first-order valence-corrected chi connectivity index (χ1v) is 6.49. The van der Waals surface area contributed by atoms with Crippen LogP contribution in [0, 0.1) is 5.41 Å². The number of carbonyl (C=O) groups excluding carboxylic acids is 1. The van der Waals surface area contributed by atoms with Gasteiger partial charge in [0.1, 0.15) is 4.88 Å². The third kappa shape index (κ3) is 3.47. The molecule has 0 bridgehead atoms. The molecule has 1 heterocycles. The van der Waals surface area contributed by atoms with Crippen molar-refractivity contribution in [2.45, 2.75) is 40.2 Å². The number of hydrogen-bond donors (Lipinski definition) is 2. The van der Waals surface area contributed by atoms with Gasteiger partial charge in [-0.05, 0) is 23.4 Å². The first-order valence-electron chi connectivity index (χ1n) is 5.72. The third-order valence-corrected chi connectivity index (χ3v) is 3.45. The molecule has 0 aliphatic carbocycles. The lowest BCUT2D eigenvalue weighted by Crippen LogP contribution is -2.48. The zero-order valence-corrected chi connectivity index (χ0v) is 11.6. The maximum atomic E-state index is 12.1. The molecule has 1 rings (SSSR count). The van der Waals surface area contributed by atoms with Crippen molar-refractivity contribution in [2.75, 3.05) is 6.54 Å². The Morgan fingerprint density at radius 1 is 1.53 bits per heavy atom. The summed E-state index contributed by atoms with van der Waals surface area (Å²) in [6.45, 7) is 8.53. The Balaban J connectivity index is 2.78. The van der Waals surface area contributed by atoms with Gasteiger partial charge in [-0.2, -0.15) is 0 Å². The predicted octanol–water partition coefficient (Wildman–Crippen LogP) is 1.20.